The molecule has 0 aromatic rings. The van der Waals surface area contributed by atoms with Crippen molar-refractivity contribution in [2.75, 3.05) is 32.8 Å². The average molecular weight is 198 g/mol. The highest BCUT2D eigenvalue weighted by molar-refractivity contribution is 5.77. The lowest BCUT2D eigenvalue weighted by Crippen LogP contribution is -2.44. The molecule has 0 aliphatic carbocycles. The van der Waals surface area contributed by atoms with E-state index in [1.807, 2.05) is 4.90 Å². The van der Waals surface area contributed by atoms with Crippen LogP contribution in [0.1, 0.15) is 19.3 Å². The first kappa shape index (κ1) is 9.93. The summed E-state index contributed by atoms with van der Waals surface area (Å²) in [5, 5.41) is 3.25. The summed E-state index contributed by atoms with van der Waals surface area (Å²) in [5.41, 5.74) is 0. The fourth-order valence-electron chi connectivity index (χ4n) is 2.17. The average Bonchev–Trinajstić information content (AvgIpc) is 2.44. The minimum absolute atomic E-state index is 0.307. The molecule has 2 fully saturated rings. The van der Waals surface area contributed by atoms with Crippen LogP contribution in [0.4, 0.5) is 0 Å². The van der Waals surface area contributed by atoms with Crippen molar-refractivity contribution in [2.24, 2.45) is 0 Å². The Balaban J connectivity index is 1.95. The van der Waals surface area contributed by atoms with Gasteiger partial charge in [-0.1, -0.05) is 0 Å². The van der Waals surface area contributed by atoms with Gasteiger partial charge in [0.1, 0.15) is 0 Å². The maximum atomic E-state index is 11.8. The van der Waals surface area contributed by atoms with Gasteiger partial charge in [-0.3, -0.25) is 4.79 Å². The molecule has 80 valence electrons. The number of carbonyl (C=O) groups excluding carboxylic acids is 1. The number of ether oxygens (including phenoxy) is 1. The van der Waals surface area contributed by atoms with E-state index in [9.17, 15) is 4.79 Å². The first-order chi connectivity index (χ1) is 6.88. The maximum Gasteiger partial charge on any atom is 0.224 e. The molecule has 2 aliphatic heterocycles. The third kappa shape index (κ3) is 2.25. The molecule has 4 heteroatoms. The highest BCUT2D eigenvalue weighted by atomic mass is 16.5. The molecule has 4 nitrogen and oxygen atoms in total. The number of hydrogen-bond acceptors (Lipinski definition) is 3. The van der Waals surface area contributed by atoms with E-state index in [1.54, 1.807) is 0 Å². The van der Waals surface area contributed by atoms with E-state index in [1.165, 1.54) is 0 Å². The molecule has 0 aromatic carbocycles. The Bertz CT molecular complexity index is 202. The minimum Gasteiger partial charge on any atom is -0.381 e. The standard InChI is InChI=1S/C10H18N2O2/c13-10-1-4-11-5-6-12(10)9-2-7-14-8-3-9/h9,11H,1-8H2. The van der Waals surface area contributed by atoms with Crippen molar-refractivity contribution < 1.29 is 9.53 Å². The predicted octanol–water partition coefficient (Wildman–Crippen LogP) is -0.0127. The van der Waals surface area contributed by atoms with E-state index in [0.717, 1.165) is 45.7 Å². The van der Waals surface area contributed by atoms with Gasteiger partial charge in [-0.25, -0.2) is 0 Å². The van der Waals surface area contributed by atoms with E-state index >= 15 is 0 Å². The van der Waals surface area contributed by atoms with Gasteiger partial charge >= 0.3 is 0 Å². The molecule has 0 spiro atoms. The van der Waals surface area contributed by atoms with Gasteiger partial charge in [-0.05, 0) is 12.8 Å². The van der Waals surface area contributed by atoms with Gasteiger partial charge in [-0.15, -0.1) is 0 Å². The lowest BCUT2D eigenvalue weighted by Gasteiger charge is -2.33. The van der Waals surface area contributed by atoms with Crippen LogP contribution in [-0.2, 0) is 9.53 Å². The van der Waals surface area contributed by atoms with Crippen LogP contribution in [0, 0.1) is 0 Å². The van der Waals surface area contributed by atoms with Crippen LogP contribution in [0.2, 0.25) is 0 Å². The van der Waals surface area contributed by atoms with Crippen LogP contribution >= 0.6 is 0 Å². The van der Waals surface area contributed by atoms with Crippen molar-refractivity contribution in [2.45, 2.75) is 25.3 Å². The zero-order chi connectivity index (χ0) is 9.80. The molecular formula is C10H18N2O2. The summed E-state index contributed by atoms with van der Waals surface area (Å²) in [7, 11) is 0. The monoisotopic (exact) mass is 198 g/mol. The number of hydrogen-bond donors (Lipinski definition) is 1. The molecule has 0 atom stereocenters. The van der Waals surface area contributed by atoms with E-state index < -0.39 is 0 Å². The summed E-state index contributed by atoms with van der Waals surface area (Å²) in [6.45, 7) is 4.24. The van der Waals surface area contributed by atoms with E-state index in [0.29, 0.717) is 18.4 Å². The molecule has 0 saturated carbocycles. The van der Waals surface area contributed by atoms with E-state index in [2.05, 4.69) is 5.32 Å². The molecule has 14 heavy (non-hydrogen) atoms. The third-order valence-corrected chi connectivity index (χ3v) is 3.00. The Morgan fingerprint density at radius 2 is 2.07 bits per heavy atom. The molecular weight excluding hydrogens is 180 g/mol. The van der Waals surface area contributed by atoms with E-state index in [4.69, 9.17) is 4.74 Å². The van der Waals surface area contributed by atoms with Crippen LogP contribution < -0.4 is 5.32 Å². The largest absolute Gasteiger partial charge is 0.381 e. The summed E-state index contributed by atoms with van der Waals surface area (Å²) in [6.07, 6.45) is 2.66. The van der Waals surface area contributed by atoms with Crippen LogP contribution in [0.3, 0.4) is 0 Å². The fraction of sp³-hybridized carbons (Fsp3) is 0.900. The van der Waals surface area contributed by atoms with Crippen molar-refractivity contribution in [3.8, 4) is 0 Å². The second-order valence-corrected chi connectivity index (χ2v) is 3.93. The summed E-state index contributed by atoms with van der Waals surface area (Å²) in [6, 6.07) is 0.427. The minimum atomic E-state index is 0.307. The molecule has 0 aromatic heterocycles. The molecule has 2 aliphatic rings. The number of amides is 1. The highest BCUT2D eigenvalue weighted by Crippen LogP contribution is 2.15. The number of carbonyl (C=O) groups is 1. The number of nitrogens with zero attached hydrogens (tertiary/aromatic N) is 1. The Kier molecular flexibility index (Phi) is 3.37. The van der Waals surface area contributed by atoms with Gasteiger partial charge in [-0.2, -0.15) is 0 Å². The second-order valence-electron chi connectivity index (χ2n) is 3.93. The van der Waals surface area contributed by atoms with Crippen molar-refractivity contribution in [3.63, 3.8) is 0 Å². The summed E-state index contributed by atoms with van der Waals surface area (Å²) < 4.78 is 5.30. The Labute approximate surface area is 84.6 Å². The van der Waals surface area contributed by atoms with Crippen molar-refractivity contribution in [1.29, 1.82) is 0 Å². The molecule has 0 unspecified atom stereocenters. The maximum absolute atomic E-state index is 11.8. The van der Waals surface area contributed by atoms with Crippen molar-refractivity contribution in [1.82, 2.24) is 10.2 Å². The Morgan fingerprint density at radius 1 is 1.29 bits per heavy atom. The van der Waals surface area contributed by atoms with E-state index in [-0.39, 0.29) is 0 Å². The van der Waals surface area contributed by atoms with Gasteiger partial charge in [0.05, 0.1) is 0 Å². The Morgan fingerprint density at radius 3 is 2.86 bits per heavy atom. The molecule has 1 N–H and O–H groups in total. The molecule has 1 amide bonds. The smallest absolute Gasteiger partial charge is 0.224 e. The summed E-state index contributed by atoms with van der Waals surface area (Å²) in [4.78, 5) is 13.8. The molecule has 0 radical (unpaired) electrons. The van der Waals surface area contributed by atoms with Crippen LogP contribution in [-0.4, -0.2) is 49.7 Å². The summed E-state index contributed by atoms with van der Waals surface area (Å²) in [5.74, 6) is 0.307. The lowest BCUT2D eigenvalue weighted by atomic mass is 10.1. The van der Waals surface area contributed by atoms with Gasteiger partial charge in [0.15, 0.2) is 0 Å². The lowest BCUT2D eigenvalue weighted by molar-refractivity contribution is -0.134. The van der Waals surface area contributed by atoms with Crippen LogP contribution in [0.25, 0.3) is 0 Å². The fourth-order valence-corrected chi connectivity index (χ4v) is 2.17. The second kappa shape index (κ2) is 4.75. The highest BCUT2D eigenvalue weighted by Gasteiger charge is 2.26. The quantitative estimate of drug-likeness (QED) is 0.644. The predicted molar refractivity (Wildman–Crippen MR) is 53.0 cm³/mol. The number of rotatable bonds is 1. The molecule has 0 bridgehead atoms. The molecule has 2 heterocycles. The number of nitrogens with one attached hydrogen (secondary N) is 1. The Hall–Kier alpha value is -0.610. The topological polar surface area (TPSA) is 41.6 Å². The van der Waals surface area contributed by atoms with Gasteiger partial charge in [0.25, 0.3) is 0 Å². The molecule has 2 rings (SSSR count). The first-order valence-electron chi connectivity index (χ1n) is 5.46. The van der Waals surface area contributed by atoms with Gasteiger partial charge in [0.2, 0.25) is 5.91 Å². The van der Waals surface area contributed by atoms with Crippen molar-refractivity contribution in [3.05, 3.63) is 0 Å². The van der Waals surface area contributed by atoms with Crippen LogP contribution in [0.15, 0.2) is 0 Å². The normalized spacial score (nSPS) is 26.3. The van der Waals surface area contributed by atoms with Crippen LogP contribution in [0.5, 0.6) is 0 Å². The third-order valence-electron chi connectivity index (χ3n) is 3.00. The zero-order valence-electron chi connectivity index (χ0n) is 8.50. The summed E-state index contributed by atoms with van der Waals surface area (Å²) >= 11 is 0. The van der Waals surface area contributed by atoms with Crippen molar-refractivity contribution >= 4 is 5.91 Å². The van der Waals surface area contributed by atoms with Gasteiger partial charge < -0.3 is 15.0 Å². The molecule has 2 saturated heterocycles. The zero-order valence-corrected chi connectivity index (χ0v) is 8.50. The van der Waals surface area contributed by atoms with Gasteiger partial charge in [0, 0.05) is 45.3 Å². The first-order valence-corrected chi connectivity index (χ1v) is 5.46. The SMILES string of the molecule is O=C1CCNCCN1C1CCOCC1.